The Morgan fingerprint density at radius 1 is 1.53 bits per heavy atom. The summed E-state index contributed by atoms with van der Waals surface area (Å²) < 4.78 is 5.56. The van der Waals surface area contributed by atoms with Crippen LogP contribution in [0.4, 0.5) is 0 Å². The SMILES string of the molecule is CCNCc1occc1CN(C)CC1CCCN1C. The van der Waals surface area contributed by atoms with Crippen molar-refractivity contribution in [1.82, 2.24) is 15.1 Å². The zero-order valence-corrected chi connectivity index (χ0v) is 12.5. The first-order valence-electron chi connectivity index (χ1n) is 7.35. The number of nitrogens with zero attached hydrogens (tertiary/aromatic N) is 2. The van der Waals surface area contributed by atoms with Crippen molar-refractivity contribution in [3.8, 4) is 0 Å². The third kappa shape index (κ3) is 4.06. The van der Waals surface area contributed by atoms with Gasteiger partial charge in [-0.2, -0.15) is 0 Å². The molecule has 0 saturated carbocycles. The minimum atomic E-state index is 0.717. The topological polar surface area (TPSA) is 31.7 Å². The van der Waals surface area contributed by atoms with Crippen LogP contribution in [0.5, 0.6) is 0 Å². The summed E-state index contributed by atoms with van der Waals surface area (Å²) >= 11 is 0. The van der Waals surface area contributed by atoms with Gasteiger partial charge in [0.15, 0.2) is 0 Å². The molecule has 0 bridgehead atoms. The molecule has 1 aliphatic heterocycles. The molecular formula is C15H27N3O. The van der Waals surface area contributed by atoms with Gasteiger partial charge in [0.1, 0.15) is 5.76 Å². The van der Waals surface area contributed by atoms with Gasteiger partial charge in [0.2, 0.25) is 0 Å². The molecule has 0 amide bonds. The summed E-state index contributed by atoms with van der Waals surface area (Å²) in [6.45, 7) is 7.28. The van der Waals surface area contributed by atoms with Crippen molar-refractivity contribution in [1.29, 1.82) is 0 Å². The lowest BCUT2D eigenvalue weighted by molar-refractivity contribution is 0.214. The van der Waals surface area contributed by atoms with Crippen LogP contribution in [-0.2, 0) is 13.1 Å². The molecule has 1 aromatic heterocycles. The Morgan fingerprint density at radius 3 is 3.05 bits per heavy atom. The number of rotatable bonds is 7. The van der Waals surface area contributed by atoms with E-state index < -0.39 is 0 Å². The quantitative estimate of drug-likeness (QED) is 0.816. The molecule has 1 saturated heterocycles. The van der Waals surface area contributed by atoms with E-state index in [1.807, 2.05) is 0 Å². The van der Waals surface area contributed by atoms with Gasteiger partial charge in [0.25, 0.3) is 0 Å². The molecule has 1 aliphatic rings. The fraction of sp³-hybridized carbons (Fsp3) is 0.733. The van der Waals surface area contributed by atoms with Crippen molar-refractivity contribution in [2.45, 2.75) is 38.9 Å². The Kier molecular flexibility index (Phi) is 5.43. The van der Waals surface area contributed by atoms with Gasteiger partial charge in [-0.05, 0) is 46.1 Å². The maximum atomic E-state index is 5.56. The molecular weight excluding hydrogens is 238 g/mol. The highest BCUT2D eigenvalue weighted by Gasteiger charge is 2.22. The van der Waals surface area contributed by atoms with Crippen molar-refractivity contribution >= 4 is 0 Å². The summed E-state index contributed by atoms with van der Waals surface area (Å²) in [5, 5.41) is 3.32. The molecule has 0 radical (unpaired) electrons. The summed E-state index contributed by atoms with van der Waals surface area (Å²) in [7, 11) is 4.44. The zero-order chi connectivity index (χ0) is 13.7. The second-order valence-electron chi connectivity index (χ2n) is 5.62. The first kappa shape index (κ1) is 14.6. The van der Waals surface area contributed by atoms with Gasteiger partial charge in [-0.25, -0.2) is 0 Å². The van der Waals surface area contributed by atoms with Crippen molar-refractivity contribution in [3.63, 3.8) is 0 Å². The Hall–Kier alpha value is -0.840. The minimum absolute atomic E-state index is 0.717. The van der Waals surface area contributed by atoms with E-state index in [1.54, 1.807) is 6.26 Å². The minimum Gasteiger partial charge on any atom is -0.468 e. The predicted molar refractivity (Wildman–Crippen MR) is 78.1 cm³/mol. The lowest BCUT2D eigenvalue weighted by Gasteiger charge is -2.25. The average Bonchev–Trinajstić information content (AvgIpc) is 2.97. The number of hydrogen-bond acceptors (Lipinski definition) is 4. The second-order valence-corrected chi connectivity index (χ2v) is 5.62. The largest absolute Gasteiger partial charge is 0.468 e. The van der Waals surface area contributed by atoms with E-state index in [1.165, 1.54) is 24.9 Å². The summed E-state index contributed by atoms with van der Waals surface area (Å²) in [6.07, 6.45) is 4.47. The van der Waals surface area contributed by atoms with Crippen molar-refractivity contribution in [2.75, 3.05) is 33.7 Å². The van der Waals surface area contributed by atoms with Gasteiger partial charge in [0.05, 0.1) is 12.8 Å². The molecule has 2 heterocycles. The molecule has 1 fully saturated rings. The molecule has 1 unspecified atom stereocenters. The van der Waals surface area contributed by atoms with Crippen LogP contribution in [0.25, 0.3) is 0 Å². The highest BCUT2D eigenvalue weighted by molar-refractivity contribution is 5.16. The zero-order valence-electron chi connectivity index (χ0n) is 12.5. The number of likely N-dealkylation sites (tertiary alicyclic amines) is 1. The van der Waals surface area contributed by atoms with Gasteiger partial charge < -0.3 is 19.5 Å². The standard InChI is InChI=1S/C15H27N3O/c1-4-16-10-15-13(7-9-19-15)11-17(2)12-14-6-5-8-18(14)3/h7,9,14,16H,4-6,8,10-12H2,1-3H3. The van der Waals surface area contributed by atoms with Crippen LogP contribution >= 0.6 is 0 Å². The number of likely N-dealkylation sites (N-methyl/N-ethyl adjacent to an activating group) is 2. The van der Waals surface area contributed by atoms with Gasteiger partial charge in [-0.15, -0.1) is 0 Å². The van der Waals surface area contributed by atoms with Crippen LogP contribution in [0.3, 0.4) is 0 Å². The lowest BCUT2D eigenvalue weighted by atomic mass is 10.2. The monoisotopic (exact) mass is 265 g/mol. The van der Waals surface area contributed by atoms with Crippen LogP contribution in [0.2, 0.25) is 0 Å². The molecule has 108 valence electrons. The number of furan rings is 1. The Bertz CT molecular complexity index is 377. The maximum Gasteiger partial charge on any atom is 0.122 e. The molecule has 0 spiro atoms. The van der Waals surface area contributed by atoms with Crippen LogP contribution < -0.4 is 5.32 Å². The molecule has 19 heavy (non-hydrogen) atoms. The van der Waals surface area contributed by atoms with Crippen molar-refractivity contribution in [3.05, 3.63) is 23.7 Å². The summed E-state index contributed by atoms with van der Waals surface area (Å²) in [4.78, 5) is 4.89. The summed E-state index contributed by atoms with van der Waals surface area (Å²) in [5.74, 6) is 1.08. The summed E-state index contributed by atoms with van der Waals surface area (Å²) in [6, 6.07) is 2.82. The van der Waals surface area contributed by atoms with Gasteiger partial charge in [0, 0.05) is 24.7 Å². The molecule has 4 heteroatoms. The molecule has 1 aromatic rings. The Labute approximate surface area is 116 Å². The second kappa shape index (κ2) is 7.08. The van der Waals surface area contributed by atoms with Gasteiger partial charge in [-0.3, -0.25) is 0 Å². The van der Waals surface area contributed by atoms with Crippen molar-refractivity contribution in [2.24, 2.45) is 0 Å². The molecule has 1 atom stereocenters. The van der Waals surface area contributed by atoms with E-state index in [4.69, 9.17) is 4.42 Å². The molecule has 2 rings (SSSR count). The average molecular weight is 265 g/mol. The molecule has 4 nitrogen and oxygen atoms in total. The molecule has 1 N–H and O–H groups in total. The van der Waals surface area contributed by atoms with Crippen LogP contribution in [0, 0.1) is 0 Å². The maximum absolute atomic E-state index is 5.56. The van der Waals surface area contributed by atoms with Crippen molar-refractivity contribution < 1.29 is 4.42 Å². The number of nitrogens with one attached hydrogen (secondary N) is 1. The lowest BCUT2D eigenvalue weighted by Crippen LogP contribution is -2.36. The predicted octanol–water partition coefficient (Wildman–Crippen LogP) is 1.92. The fourth-order valence-corrected chi connectivity index (χ4v) is 2.83. The summed E-state index contributed by atoms with van der Waals surface area (Å²) in [5.41, 5.74) is 1.31. The van der Waals surface area contributed by atoms with E-state index in [0.29, 0.717) is 6.04 Å². The first-order valence-corrected chi connectivity index (χ1v) is 7.35. The number of hydrogen-bond donors (Lipinski definition) is 1. The van der Waals surface area contributed by atoms with E-state index >= 15 is 0 Å². The van der Waals surface area contributed by atoms with Crippen LogP contribution in [0.1, 0.15) is 31.1 Å². The van der Waals surface area contributed by atoms with Crippen LogP contribution in [-0.4, -0.2) is 49.6 Å². The van der Waals surface area contributed by atoms with Crippen LogP contribution in [0.15, 0.2) is 16.7 Å². The normalized spacial score (nSPS) is 20.5. The van der Waals surface area contributed by atoms with Gasteiger partial charge in [-0.1, -0.05) is 6.92 Å². The first-order chi connectivity index (χ1) is 9.20. The Morgan fingerprint density at radius 2 is 2.37 bits per heavy atom. The third-order valence-corrected chi connectivity index (χ3v) is 4.01. The Balaban J connectivity index is 1.84. The fourth-order valence-electron chi connectivity index (χ4n) is 2.83. The van der Waals surface area contributed by atoms with E-state index in [9.17, 15) is 0 Å². The third-order valence-electron chi connectivity index (χ3n) is 4.01. The smallest absolute Gasteiger partial charge is 0.122 e. The van der Waals surface area contributed by atoms with E-state index in [0.717, 1.165) is 31.9 Å². The highest BCUT2D eigenvalue weighted by atomic mass is 16.3. The van der Waals surface area contributed by atoms with E-state index in [2.05, 4.69) is 42.2 Å². The van der Waals surface area contributed by atoms with Gasteiger partial charge >= 0.3 is 0 Å². The molecule has 0 aromatic carbocycles. The molecule has 0 aliphatic carbocycles. The highest BCUT2D eigenvalue weighted by Crippen LogP contribution is 2.17. The van der Waals surface area contributed by atoms with E-state index in [-0.39, 0.29) is 0 Å².